The third-order valence-corrected chi connectivity index (χ3v) is 4.02. The number of nitrogens with one attached hydrogen (secondary N) is 1. The molecular weight excluding hydrogens is 226 g/mol. The van der Waals surface area contributed by atoms with Gasteiger partial charge in [-0.3, -0.25) is 0 Å². The highest BCUT2D eigenvalue weighted by Crippen LogP contribution is 2.37. The molecule has 18 heavy (non-hydrogen) atoms. The largest absolute Gasteiger partial charge is 0.379 e. The van der Waals surface area contributed by atoms with E-state index in [0.29, 0.717) is 6.04 Å². The average molecular weight is 247 g/mol. The summed E-state index contributed by atoms with van der Waals surface area (Å²) in [7, 11) is 0. The van der Waals surface area contributed by atoms with E-state index in [2.05, 4.69) is 36.5 Å². The summed E-state index contributed by atoms with van der Waals surface area (Å²) in [4.78, 5) is 0. The molecule has 1 aromatic carbocycles. The molecule has 0 spiro atoms. The molecule has 0 aromatic heterocycles. The van der Waals surface area contributed by atoms with Crippen molar-refractivity contribution in [3.05, 3.63) is 35.4 Å². The molecule has 2 fully saturated rings. The zero-order valence-electron chi connectivity index (χ0n) is 10.9. The van der Waals surface area contributed by atoms with Crippen molar-refractivity contribution in [2.45, 2.75) is 24.8 Å². The van der Waals surface area contributed by atoms with Gasteiger partial charge in [0.05, 0.1) is 26.4 Å². The van der Waals surface area contributed by atoms with Crippen molar-refractivity contribution in [1.82, 2.24) is 5.32 Å². The van der Waals surface area contributed by atoms with Gasteiger partial charge in [-0.25, -0.2) is 0 Å². The van der Waals surface area contributed by atoms with Gasteiger partial charge in [0.2, 0.25) is 0 Å². The Morgan fingerprint density at radius 3 is 2.83 bits per heavy atom. The Morgan fingerprint density at radius 1 is 1.33 bits per heavy atom. The number of hydrogen-bond acceptors (Lipinski definition) is 3. The molecule has 3 nitrogen and oxygen atoms in total. The van der Waals surface area contributed by atoms with Crippen LogP contribution in [-0.4, -0.2) is 39.0 Å². The van der Waals surface area contributed by atoms with Gasteiger partial charge in [0, 0.05) is 18.0 Å². The maximum atomic E-state index is 5.55. The van der Waals surface area contributed by atoms with Crippen LogP contribution >= 0.6 is 0 Å². The van der Waals surface area contributed by atoms with Crippen LogP contribution in [0.5, 0.6) is 0 Å². The third kappa shape index (κ3) is 2.30. The lowest BCUT2D eigenvalue weighted by molar-refractivity contribution is -0.0753. The Labute approximate surface area is 108 Å². The van der Waals surface area contributed by atoms with Crippen molar-refractivity contribution in [2.75, 3.05) is 33.0 Å². The fourth-order valence-corrected chi connectivity index (χ4v) is 2.95. The SMILES string of the molecule is Cc1cccc(C2(CC3COCCN3)COC2)c1. The minimum absolute atomic E-state index is 0.199. The monoisotopic (exact) mass is 247 g/mol. The van der Waals surface area contributed by atoms with Crippen LogP contribution < -0.4 is 5.32 Å². The first-order chi connectivity index (χ1) is 8.78. The summed E-state index contributed by atoms with van der Waals surface area (Å²) in [6.45, 7) is 6.47. The van der Waals surface area contributed by atoms with E-state index in [4.69, 9.17) is 9.47 Å². The van der Waals surface area contributed by atoms with E-state index < -0.39 is 0 Å². The van der Waals surface area contributed by atoms with Crippen molar-refractivity contribution >= 4 is 0 Å². The van der Waals surface area contributed by atoms with E-state index in [1.165, 1.54) is 11.1 Å². The lowest BCUT2D eigenvalue weighted by atomic mass is 9.73. The third-order valence-electron chi connectivity index (χ3n) is 4.02. The normalized spacial score (nSPS) is 26.6. The highest BCUT2D eigenvalue weighted by Gasteiger charge is 2.42. The maximum absolute atomic E-state index is 5.55. The first kappa shape index (κ1) is 12.2. The molecule has 0 aliphatic carbocycles. The number of rotatable bonds is 3. The van der Waals surface area contributed by atoms with Crippen LogP contribution in [0.2, 0.25) is 0 Å². The van der Waals surface area contributed by atoms with Crippen LogP contribution in [0.3, 0.4) is 0 Å². The average Bonchev–Trinajstić information content (AvgIpc) is 2.35. The van der Waals surface area contributed by atoms with E-state index >= 15 is 0 Å². The fourth-order valence-electron chi connectivity index (χ4n) is 2.95. The van der Waals surface area contributed by atoms with Crippen LogP contribution in [-0.2, 0) is 14.9 Å². The van der Waals surface area contributed by atoms with Crippen LogP contribution in [0.4, 0.5) is 0 Å². The molecule has 1 aromatic rings. The van der Waals surface area contributed by atoms with Gasteiger partial charge in [-0.2, -0.15) is 0 Å². The molecule has 0 bridgehead atoms. The molecule has 1 unspecified atom stereocenters. The van der Waals surface area contributed by atoms with Gasteiger partial charge in [-0.15, -0.1) is 0 Å². The molecular formula is C15H21NO2. The summed E-state index contributed by atoms with van der Waals surface area (Å²) in [5.41, 5.74) is 2.94. The second-order valence-electron chi connectivity index (χ2n) is 5.57. The van der Waals surface area contributed by atoms with Gasteiger partial charge in [-0.05, 0) is 18.9 Å². The van der Waals surface area contributed by atoms with Gasteiger partial charge in [0.15, 0.2) is 0 Å². The second kappa shape index (κ2) is 5.00. The summed E-state index contributed by atoms with van der Waals surface area (Å²) < 4.78 is 11.1. The molecule has 0 radical (unpaired) electrons. The summed E-state index contributed by atoms with van der Waals surface area (Å²) >= 11 is 0. The van der Waals surface area contributed by atoms with Gasteiger partial charge >= 0.3 is 0 Å². The van der Waals surface area contributed by atoms with E-state index in [-0.39, 0.29) is 5.41 Å². The summed E-state index contributed by atoms with van der Waals surface area (Å²) in [6.07, 6.45) is 1.11. The molecule has 3 rings (SSSR count). The molecule has 98 valence electrons. The van der Waals surface area contributed by atoms with Gasteiger partial charge in [0.1, 0.15) is 0 Å². The predicted octanol–water partition coefficient (Wildman–Crippen LogP) is 1.64. The van der Waals surface area contributed by atoms with Crippen molar-refractivity contribution < 1.29 is 9.47 Å². The van der Waals surface area contributed by atoms with Crippen LogP contribution in [0.1, 0.15) is 17.5 Å². The highest BCUT2D eigenvalue weighted by atomic mass is 16.5. The smallest absolute Gasteiger partial charge is 0.0620 e. The molecule has 3 heteroatoms. The van der Waals surface area contributed by atoms with Crippen LogP contribution in [0.15, 0.2) is 24.3 Å². The zero-order chi connectivity index (χ0) is 12.4. The van der Waals surface area contributed by atoms with E-state index in [1.807, 2.05) is 0 Å². The lowest BCUT2D eigenvalue weighted by Gasteiger charge is -2.45. The molecule has 0 saturated carbocycles. The summed E-state index contributed by atoms with van der Waals surface area (Å²) in [5.74, 6) is 0. The first-order valence-electron chi connectivity index (χ1n) is 6.75. The predicted molar refractivity (Wildman–Crippen MR) is 70.9 cm³/mol. The minimum Gasteiger partial charge on any atom is -0.379 e. The zero-order valence-corrected chi connectivity index (χ0v) is 10.9. The highest BCUT2D eigenvalue weighted by molar-refractivity contribution is 5.32. The Balaban J connectivity index is 1.77. The van der Waals surface area contributed by atoms with E-state index in [9.17, 15) is 0 Å². The van der Waals surface area contributed by atoms with Crippen molar-refractivity contribution in [3.63, 3.8) is 0 Å². The molecule has 2 aliphatic rings. The quantitative estimate of drug-likeness (QED) is 0.881. The molecule has 0 amide bonds. The Hall–Kier alpha value is -0.900. The number of morpholine rings is 1. The Bertz CT molecular complexity index is 409. The minimum atomic E-state index is 0.199. The maximum Gasteiger partial charge on any atom is 0.0620 e. The van der Waals surface area contributed by atoms with Crippen molar-refractivity contribution in [2.24, 2.45) is 0 Å². The second-order valence-corrected chi connectivity index (χ2v) is 5.57. The molecule has 1 N–H and O–H groups in total. The van der Waals surface area contributed by atoms with Gasteiger partial charge in [-0.1, -0.05) is 29.8 Å². The first-order valence-corrected chi connectivity index (χ1v) is 6.75. The van der Waals surface area contributed by atoms with E-state index in [1.54, 1.807) is 0 Å². The van der Waals surface area contributed by atoms with Crippen LogP contribution in [0, 0.1) is 6.92 Å². The standard InChI is InChI=1S/C15H21NO2/c1-12-3-2-4-13(7-12)15(10-18-11-15)8-14-9-17-6-5-16-14/h2-4,7,14,16H,5-6,8-11H2,1H3. The lowest BCUT2D eigenvalue weighted by Crippen LogP contribution is -2.53. The molecule has 1 atom stereocenters. The summed E-state index contributed by atoms with van der Waals surface area (Å²) in [6, 6.07) is 9.29. The molecule has 2 saturated heterocycles. The van der Waals surface area contributed by atoms with E-state index in [0.717, 1.165) is 39.4 Å². The van der Waals surface area contributed by atoms with Crippen LogP contribution in [0.25, 0.3) is 0 Å². The number of aryl methyl sites for hydroxylation is 1. The van der Waals surface area contributed by atoms with Gasteiger partial charge < -0.3 is 14.8 Å². The number of benzene rings is 1. The molecule has 2 aliphatic heterocycles. The van der Waals surface area contributed by atoms with Crippen molar-refractivity contribution in [1.29, 1.82) is 0 Å². The molecule has 2 heterocycles. The van der Waals surface area contributed by atoms with Gasteiger partial charge in [0.25, 0.3) is 0 Å². The summed E-state index contributed by atoms with van der Waals surface area (Å²) in [5, 5.41) is 3.55. The van der Waals surface area contributed by atoms with Crippen molar-refractivity contribution in [3.8, 4) is 0 Å². The fraction of sp³-hybridized carbons (Fsp3) is 0.600. The Kier molecular flexibility index (Phi) is 3.37. The topological polar surface area (TPSA) is 30.5 Å². The Morgan fingerprint density at radius 2 is 2.22 bits per heavy atom. The number of hydrogen-bond donors (Lipinski definition) is 1. The number of ether oxygens (including phenoxy) is 2.